The van der Waals surface area contributed by atoms with Gasteiger partial charge >= 0.3 is 0 Å². The highest BCUT2D eigenvalue weighted by atomic mass is 35.5. The van der Waals surface area contributed by atoms with Crippen molar-refractivity contribution >= 4 is 18.3 Å². The molecule has 2 aliphatic heterocycles. The predicted molar refractivity (Wildman–Crippen MR) is 98.2 cm³/mol. The summed E-state index contributed by atoms with van der Waals surface area (Å²) in [5, 5.41) is 3.35. The Morgan fingerprint density at radius 2 is 1.75 bits per heavy atom. The second kappa shape index (κ2) is 10.0. The third-order valence-electron chi connectivity index (χ3n) is 5.04. The molecule has 2 saturated heterocycles. The molecule has 1 N–H and O–H groups in total. The quantitative estimate of drug-likeness (QED) is 0.886. The van der Waals surface area contributed by atoms with Crippen LogP contribution in [0.25, 0.3) is 0 Å². The van der Waals surface area contributed by atoms with E-state index in [0.717, 1.165) is 65.1 Å². The lowest BCUT2D eigenvalue weighted by Crippen LogP contribution is -2.43. The van der Waals surface area contributed by atoms with Gasteiger partial charge in [-0.1, -0.05) is 30.3 Å². The SMILES string of the molecule is Cl.O=C(C1CCNCC1)N(Cc1ccccc1)CC1CCOCC1. The second-order valence-corrected chi connectivity index (χ2v) is 6.78. The summed E-state index contributed by atoms with van der Waals surface area (Å²) in [6, 6.07) is 10.4. The monoisotopic (exact) mass is 352 g/mol. The van der Waals surface area contributed by atoms with Crippen molar-refractivity contribution in [2.24, 2.45) is 11.8 Å². The molecule has 2 fully saturated rings. The summed E-state index contributed by atoms with van der Waals surface area (Å²) < 4.78 is 5.46. The summed E-state index contributed by atoms with van der Waals surface area (Å²) in [6.07, 6.45) is 4.09. The van der Waals surface area contributed by atoms with Gasteiger partial charge < -0.3 is 15.0 Å². The highest BCUT2D eigenvalue weighted by molar-refractivity contribution is 5.85. The van der Waals surface area contributed by atoms with Gasteiger partial charge in [0.05, 0.1) is 0 Å². The predicted octanol–water partition coefficient (Wildman–Crippen LogP) is 2.86. The molecule has 0 spiro atoms. The van der Waals surface area contributed by atoms with E-state index in [2.05, 4.69) is 34.5 Å². The molecule has 3 rings (SSSR count). The molecule has 0 bridgehead atoms. The van der Waals surface area contributed by atoms with Gasteiger partial charge in [0.1, 0.15) is 0 Å². The van der Waals surface area contributed by atoms with E-state index in [4.69, 9.17) is 4.74 Å². The number of amides is 1. The molecule has 24 heavy (non-hydrogen) atoms. The van der Waals surface area contributed by atoms with Gasteiger partial charge in [0, 0.05) is 32.2 Å². The van der Waals surface area contributed by atoms with E-state index < -0.39 is 0 Å². The Kier molecular flexibility index (Phi) is 8.03. The molecule has 0 atom stereocenters. The van der Waals surface area contributed by atoms with Gasteiger partial charge in [-0.15, -0.1) is 12.4 Å². The number of benzene rings is 1. The summed E-state index contributed by atoms with van der Waals surface area (Å²) in [5.41, 5.74) is 1.22. The molecule has 0 radical (unpaired) electrons. The molecular formula is C19H29ClN2O2. The molecule has 0 unspecified atom stereocenters. The van der Waals surface area contributed by atoms with Crippen molar-refractivity contribution in [3.8, 4) is 0 Å². The van der Waals surface area contributed by atoms with Gasteiger partial charge in [0.15, 0.2) is 0 Å². The zero-order valence-corrected chi connectivity index (χ0v) is 15.1. The lowest BCUT2D eigenvalue weighted by atomic mass is 9.94. The van der Waals surface area contributed by atoms with Crippen molar-refractivity contribution in [2.45, 2.75) is 32.2 Å². The van der Waals surface area contributed by atoms with Gasteiger partial charge in [-0.3, -0.25) is 4.79 Å². The van der Waals surface area contributed by atoms with Crippen molar-refractivity contribution in [3.05, 3.63) is 35.9 Å². The smallest absolute Gasteiger partial charge is 0.226 e. The summed E-state index contributed by atoms with van der Waals surface area (Å²) in [6.45, 7) is 5.22. The van der Waals surface area contributed by atoms with Crippen molar-refractivity contribution in [2.75, 3.05) is 32.8 Å². The van der Waals surface area contributed by atoms with Crippen molar-refractivity contribution < 1.29 is 9.53 Å². The van der Waals surface area contributed by atoms with E-state index in [-0.39, 0.29) is 18.3 Å². The molecule has 0 aliphatic carbocycles. The molecule has 4 nitrogen and oxygen atoms in total. The Labute approximate surface area is 151 Å². The number of nitrogens with zero attached hydrogens (tertiary/aromatic N) is 1. The standard InChI is InChI=1S/C19H28N2O2.ClH/c22-19(18-6-10-20-11-7-18)21(14-16-4-2-1-3-5-16)15-17-8-12-23-13-9-17;/h1-5,17-18,20H,6-15H2;1H. The molecule has 0 aromatic heterocycles. The highest BCUT2D eigenvalue weighted by Gasteiger charge is 2.28. The van der Waals surface area contributed by atoms with Gasteiger partial charge in [0.25, 0.3) is 0 Å². The Hall–Kier alpha value is -1.10. The number of hydrogen-bond donors (Lipinski definition) is 1. The molecular weight excluding hydrogens is 324 g/mol. The number of piperidine rings is 1. The molecule has 1 aromatic carbocycles. The molecule has 0 saturated carbocycles. The van der Waals surface area contributed by atoms with Crippen LogP contribution in [0.2, 0.25) is 0 Å². The fourth-order valence-corrected chi connectivity index (χ4v) is 3.60. The average molecular weight is 353 g/mol. The number of hydrogen-bond acceptors (Lipinski definition) is 3. The van der Waals surface area contributed by atoms with E-state index in [9.17, 15) is 4.79 Å². The highest BCUT2D eigenvalue weighted by Crippen LogP contribution is 2.22. The maximum Gasteiger partial charge on any atom is 0.226 e. The van der Waals surface area contributed by atoms with Crippen molar-refractivity contribution in [1.82, 2.24) is 10.2 Å². The Balaban J connectivity index is 0.00000208. The molecule has 1 amide bonds. The molecule has 2 aliphatic rings. The van der Waals surface area contributed by atoms with E-state index in [1.54, 1.807) is 0 Å². The van der Waals surface area contributed by atoms with Crippen LogP contribution >= 0.6 is 12.4 Å². The van der Waals surface area contributed by atoms with E-state index >= 15 is 0 Å². The minimum atomic E-state index is 0. The third-order valence-corrected chi connectivity index (χ3v) is 5.04. The Bertz CT molecular complexity index is 485. The number of ether oxygens (including phenoxy) is 1. The summed E-state index contributed by atoms with van der Waals surface area (Å²) in [5.74, 6) is 1.12. The fraction of sp³-hybridized carbons (Fsp3) is 0.632. The van der Waals surface area contributed by atoms with Crippen LogP contribution in [0.5, 0.6) is 0 Å². The van der Waals surface area contributed by atoms with Gasteiger partial charge in [-0.05, 0) is 50.3 Å². The lowest BCUT2D eigenvalue weighted by molar-refractivity contribution is -0.138. The van der Waals surface area contributed by atoms with E-state index in [0.29, 0.717) is 11.8 Å². The lowest BCUT2D eigenvalue weighted by Gasteiger charge is -2.33. The molecule has 1 aromatic rings. The number of nitrogens with one attached hydrogen (secondary N) is 1. The topological polar surface area (TPSA) is 41.6 Å². The van der Waals surface area contributed by atoms with Crippen LogP contribution in [0.3, 0.4) is 0 Å². The van der Waals surface area contributed by atoms with Crippen molar-refractivity contribution in [1.29, 1.82) is 0 Å². The van der Waals surface area contributed by atoms with Crippen molar-refractivity contribution in [3.63, 3.8) is 0 Å². The van der Waals surface area contributed by atoms with Crippen LogP contribution in [-0.2, 0) is 16.1 Å². The average Bonchev–Trinajstić information content (AvgIpc) is 2.63. The largest absolute Gasteiger partial charge is 0.381 e. The van der Waals surface area contributed by atoms with E-state index in [1.807, 2.05) is 6.07 Å². The number of carbonyl (C=O) groups is 1. The minimum Gasteiger partial charge on any atom is -0.381 e. The van der Waals surface area contributed by atoms with Gasteiger partial charge in [-0.2, -0.15) is 0 Å². The normalized spacial score (nSPS) is 19.5. The fourth-order valence-electron chi connectivity index (χ4n) is 3.60. The Morgan fingerprint density at radius 1 is 1.08 bits per heavy atom. The Morgan fingerprint density at radius 3 is 2.42 bits per heavy atom. The first-order valence-electron chi connectivity index (χ1n) is 8.94. The second-order valence-electron chi connectivity index (χ2n) is 6.78. The first kappa shape index (κ1) is 19.2. The van der Waals surface area contributed by atoms with Crippen LogP contribution in [-0.4, -0.2) is 43.7 Å². The molecule has 2 heterocycles. The zero-order valence-electron chi connectivity index (χ0n) is 14.3. The van der Waals surface area contributed by atoms with Crippen LogP contribution in [0.1, 0.15) is 31.2 Å². The minimum absolute atomic E-state index is 0. The summed E-state index contributed by atoms with van der Waals surface area (Å²) in [7, 11) is 0. The first-order valence-corrected chi connectivity index (χ1v) is 8.94. The van der Waals surface area contributed by atoms with E-state index in [1.165, 1.54) is 5.56 Å². The maximum absolute atomic E-state index is 13.0. The number of rotatable bonds is 5. The molecule has 134 valence electrons. The van der Waals surface area contributed by atoms with Crippen LogP contribution < -0.4 is 5.32 Å². The molecule has 5 heteroatoms. The number of halogens is 1. The van der Waals surface area contributed by atoms with Gasteiger partial charge in [-0.25, -0.2) is 0 Å². The third kappa shape index (κ3) is 5.47. The zero-order chi connectivity index (χ0) is 15.9. The van der Waals surface area contributed by atoms with Crippen LogP contribution in [0, 0.1) is 11.8 Å². The van der Waals surface area contributed by atoms with Crippen LogP contribution in [0.15, 0.2) is 30.3 Å². The van der Waals surface area contributed by atoms with Gasteiger partial charge in [0.2, 0.25) is 5.91 Å². The summed E-state index contributed by atoms with van der Waals surface area (Å²) >= 11 is 0. The number of carbonyl (C=O) groups excluding carboxylic acids is 1. The summed E-state index contributed by atoms with van der Waals surface area (Å²) in [4.78, 5) is 15.2. The first-order chi connectivity index (χ1) is 11.3. The van der Waals surface area contributed by atoms with Crippen LogP contribution in [0.4, 0.5) is 0 Å². The maximum atomic E-state index is 13.0.